The normalized spacial score (nSPS) is 11.9. The zero-order chi connectivity index (χ0) is 21.0. The van der Waals surface area contributed by atoms with Crippen LogP contribution in [0.2, 0.25) is 0 Å². The summed E-state index contributed by atoms with van der Waals surface area (Å²) in [7, 11) is 3.00. The Labute approximate surface area is 167 Å². The summed E-state index contributed by atoms with van der Waals surface area (Å²) in [5.74, 6) is -0.123. The van der Waals surface area contributed by atoms with Gasteiger partial charge in [-0.15, -0.1) is 0 Å². The molecule has 2 heterocycles. The molecule has 3 rings (SSSR count). The van der Waals surface area contributed by atoms with Crippen molar-refractivity contribution in [1.82, 2.24) is 15.3 Å². The summed E-state index contributed by atoms with van der Waals surface area (Å²) in [6.45, 7) is 3.45. The van der Waals surface area contributed by atoms with Crippen molar-refractivity contribution in [2.24, 2.45) is 0 Å². The van der Waals surface area contributed by atoms with Gasteiger partial charge in [-0.2, -0.15) is 4.98 Å². The van der Waals surface area contributed by atoms with Crippen molar-refractivity contribution in [2.45, 2.75) is 32.6 Å². The van der Waals surface area contributed by atoms with E-state index in [2.05, 4.69) is 15.3 Å². The van der Waals surface area contributed by atoms with E-state index in [0.29, 0.717) is 22.9 Å². The van der Waals surface area contributed by atoms with Crippen molar-refractivity contribution in [3.8, 4) is 11.6 Å². The van der Waals surface area contributed by atoms with Gasteiger partial charge in [0, 0.05) is 37.6 Å². The number of amides is 1. The largest absolute Gasteiger partial charge is 0.469 e. The van der Waals surface area contributed by atoms with E-state index in [1.807, 2.05) is 30.3 Å². The van der Waals surface area contributed by atoms with E-state index in [1.54, 1.807) is 25.8 Å². The summed E-state index contributed by atoms with van der Waals surface area (Å²) in [6, 6.07) is 9.26. The van der Waals surface area contributed by atoms with Crippen LogP contribution in [0.4, 0.5) is 5.69 Å². The highest BCUT2D eigenvalue weighted by atomic mass is 16.5. The zero-order valence-electron chi connectivity index (χ0n) is 16.7. The van der Waals surface area contributed by atoms with Crippen LogP contribution in [0.1, 0.15) is 35.9 Å². The molecule has 2 aromatic heterocycles. The number of ether oxygens (including phenoxy) is 1. The molecule has 0 saturated carbocycles. The smallest absolute Gasteiger partial charge is 0.306 e. The number of aryl methyl sites for hydroxylation is 1. The number of carbonyl (C=O) groups excluding carboxylic acids is 2. The first kappa shape index (κ1) is 20.2. The molecule has 0 bridgehead atoms. The van der Waals surface area contributed by atoms with Gasteiger partial charge in [-0.1, -0.05) is 28.5 Å². The number of hydrogen-bond acceptors (Lipinski definition) is 8. The lowest BCUT2D eigenvalue weighted by atomic mass is 9.93. The van der Waals surface area contributed by atoms with Gasteiger partial charge in [-0.05, 0) is 19.1 Å². The third-order valence-corrected chi connectivity index (χ3v) is 4.66. The topological polar surface area (TPSA) is 112 Å². The molecule has 1 aromatic carbocycles. The van der Waals surface area contributed by atoms with Crippen molar-refractivity contribution in [1.29, 1.82) is 0 Å². The second-order valence-corrected chi connectivity index (χ2v) is 6.63. The van der Waals surface area contributed by atoms with E-state index in [4.69, 9.17) is 13.8 Å². The van der Waals surface area contributed by atoms with Crippen molar-refractivity contribution in [2.75, 3.05) is 19.1 Å². The minimum absolute atomic E-state index is 0.0110. The number of rotatable bonds is 7. The first-order chi connectivity index (χ1) is 13.9. The van der Waals surface area contributed by atoms with Crippen molar-refractivity contribution >= 4 is 17.6 Å². The molecule has 29 heavy (non-hydrogen) atoms. The van der Waals surface area contributed by atoms with Crippen molar-refractivity contribution in [3.05, 3.63) is 47.5 Å². The fraction of sp³-hybridized carbons (Fsp3) is 0.350. The average molecular weight is 398 g/mol. The van der Waals surface area contributed by atoms with Gasteiger partial charge in [-0.3, -0.25) is 9.59 Å². The third-order valence-electron chi connectivity index (χ3n) is 4.66. The molecule has 0 N–H and O–H groups in total. The summed E-state index contributed by atoms with van der Waals surface area (Å²) in [5.41, 5.74) is 1.90. The Morgan fingerprint density at radius 1 is 1.10 bits per heavy atom. The molecule has 0 saturated heterocycles. The summed E-state index contributed by atoms with van der Waals surface area (Å²) < 4.78 is 15.2. The predicted octanol–water partition coefficient (Wildman–Crippen LogP) is 3.04. The van der Waals surface area contributed by atoms with Gasteiger partial charge < -0.3 is 18.7 Å². The molecule has 9 nitrogen and oxygen atoms in total. The molecule has 1 amide bonds. The summed E-state index contributed by atoms with van der Waals surface area (Å²) in [6.07, 6.45) is 0.0432. The van der Waals surface area contributed by atoms with E-state index in [9.17, 15) is 9.59 Å². The predicted molar refractivity (Wildman–Crippen MR) is 103 cm³/mol. The van der Waals surface area contributed by atoms with Crippen LogP contribution in [0.5, 0.6) is 0 Å². The van der Waals surface area contributed by atoms with Crippen molar-refractivity contribution < 1.29 is 23.4 Å². The molecule has 3 aromatic rings. The van der Waals surface area contributed by atoms with Gasteiger partial charge in [0.05, 0.1) is 19.2 Å². The molecular weight excluding hydrogens is 376 g/mol. The number of nitrogens with zero attached hydrogens (tertiary/aromatic N) is 4. The number of esters is 1. The number of carbonyl (C=O) groups is 2. The quantitative estimate of drug-likeness (QED) is 0.558. The molecule has 0 aliphatic carbocycles. The molecule has 9 heteroatoms. The Hall–Kier alpha value is -3.49. The minimum Gasteiger partial charge on any atom is -0.469 e. The Bertz CT molecular complexity index is 995. The summed E-state index contributed by atoms with van der Waals surface area (Å²) >= 11 is 0. The average Bonchev–Trinajstić information content (AvgIpc) is 3.32. The lowest BCUT2D eigenvalue weighted by Gasteiger charge is -2.20. The van der Waals surface area contributed by atoms with Gasteiger partial charge in [0.15, 0.2) is 0 Å². The van der Waals surface area contributed by atoms with Crippen LogP contribution < -0.4 is 4.90 Å². The Kier molecular flexibility index (Phi) is 6.06. The fourth-order valence-electron chi connectivity index (χ4n) is 3.02. The SMILES string of the molecule is COC(=O)C[C@H](CC(=O)N(C)c1ccccc1)c1noc(-c2noc(C)n2)c1C. The highest BCUT2D eigenvalue weighted by molar-refractivity contribution is 5.93. The zero-order valence-corrected chi connectivity index (χ0v) is 16.7. The third kappa shape index (κ3) is 4.50. The van der Waals surface area contributed by atoms with Crippen LogP contribution in [-0.4, -0.2) is 41.3 Å². The lowest BCUT2D eigenvalue weighted by Crippen LogP contribution is -2.28. The standard InChI is InChI=1S/C20H22N4O5/c1-12-18(22-29-19(12)20-21-13(2)28-23-20)14(11-17(26)27-4)10-16(25)24(3)15-8-6-5-7-9-15/h5-9,14H,10-11H2,1-4H3/t14-/m0/s1. The number of benzene rings is 1. The summed E-state index contributed by atoms with van der Waals surface area (Å²) in [4.78, 5) is 30.5. The molecule has 152 valence electrons. The van der Waals surface area contributed by atoms with Crippen LogP contribution in [0, 0.1) is 13.8 Å². The van der Waals surface area contributed by atoms with E-state index in [1.165, 1.54) is 7.11 Å². The maximum atomic E-state index is 12.9. The van der Waals surface area contributed by atoms with E-state index < -0.39 is 11.9 Å². The minimum atomic E-state index is -0.522. The summed E-state index contributed by atoms with van der Waals surface area (Å²) in [5, 5.41) is 7.94. The maximum Gasteiger partial charge on any atom is 0.306 e. The lowest BCUT2D eigenvalue weighted by molar-refractivity contribution is -0.141. The van der Waals surface area contributed by atoms with Crippen LogP contribution in [-0.2, 0) is 14.3 Å². The fourth-order valence-corrected chi connectivity index (χ4v) is 3.02. The molecule has 0 fully saturated rings. The molecular formula is C20H22N4O5. The molecule has 0 unspecified atom stereocenters. The first-order valence-electron chi connectivity index (χ1n) is 9.06. The number of methoxy groups -OCH3 is 1. The highest BCUT2D eigenvalue weighted by Gasteiger charge is 2.29. The van der Waals surface area contributed by atoms with Crippen molar-refractivity contribution in [3.63, 3.8) is 0 Å². The van der Waals surface area contributed by atoms with E-state index >= 15 is 0 Å². The van der Waals surface area contributed by atoms with Gasteiger partial charge in [0.25, 0.3) is 0 Å². The molecule has 1 atom stereocenters. The van der Waals surface area contributed by atoms with Crippen LogP contribution in [0.25, 0.3) is 11.6 Å². The van der Waals surface area contributed by atoms with Crippen LogP contribution in [0.3, 0.4) is 0 Å². The van der Waals surface area contributed by atoms with Crippen LogP contribution in [0.15, 0.2) is 39.4 Å². The maximum absolute atomic E-state index is 12.9. The second kappa shape index (κ2) is 8.68. The van der Waals surface area contributed by atoms with Gasteiger partial charge >= 0.3 is 5.97 Å². The molecule has 0 radical (unpaired) electrons. The molecule has 0 aliphatic rings. The first-order valence-corrected chi connectivity index (χ1v) is 9.06. The van der Waals surface area contributed by atoms with E-state index in [0.717, 1.165) is 5.69 Å². The highest BCUT2D eigenvalue weighted by Crippen LogP contribution is 2.32. The number of aromatic nitrogens is 3. The molecule has 0 spiro atoms. The van der Waals surface area contributed by atoms with E-state index in [-0.39, 0.29) is 24.6 Å². The second-order valence-electron chi connectivity index (χ2n) is 6.63. The monoisotopic (exact) mass is 398 g/mol. The Morgan fingerprint density at radius 3 is 2.45 bits per heavy atom. The Morgan fingerprint density at radius 2 is 1.83 bits per heavy atom. The Balaban J connectivity index is 1.87. The molecule has 0 aliphatic heterocycles. The number of hydrogen-bond donors (Lipinski definition) is 0. The van der Waals surface area contributed by atoms with Gasteiger partial charge in [0.1, 0.15) is 0 Å². The van der Waals surface area contributed by atoms with Gasteiger partial charge in [0.2, 0.25) is 23.4 Å². The number of anilines is 1. The van der Waals surface area contributed by atoms with Gasteiger partial charge in [-0.25, -0.2) is 0 Å². The number of para-hydroxylation sites is 1. The van der Waals surface area contributed by atoms with Crippen LogP contribution >= 0.6 is 0 Å².